The van der Waals surface area contributed by atoms with Crippen molar-refractivity contribution in [2.24, 2.45) is 5.73 Å². The van der Waals surface area contributed by atoms with E-state index in [0.29, 0.717) is 12.1 Å². The van der Waals surface area contributed by atoms with Crippen LogP contribution in [0.1, 0.15) is 18.9 Å². The first-order valence-electron chi connectivity index (χ1n) is 6.51. The summed E-state index contributed by atoms with van der Waals surface area (Å²) in [4.78, 5) is 13.1. The lowest BCUT2D eigenvalue weighted by Crippen LogP contribution is -2.45. The van der Waals surface area contributed by atoms with Crippen molar-refractivity contribution in [2.75, 3.05) is 18.0 Å². The Hall–Kier alpha value is -2.13. The SMILES string of the molecule is C[C@H](N[C@H]1CCN(c2ccc(F)cc2C#N)C1)C(N)=O. The second-order valence-electron chi connectivity index (χ2n) is 5.00. The summed E-state index contributed by atoms with van der Waals surface area (Å²) in [6, 6.07) is 5.97. The molecule has 0 bridgehead atoms. The van der Waals surface area contributed by atoms with Crippen LogP contribution in [0.5, 0.6) is 0 Å². The first-order chi connectivity index (χ1) is 9.51. The maximum atomic E-state index is 13.1. The van der Waals surface area contributed by atoms with Gasteiger partial charge in [-0.25, -0.2) is 4.39 Å². The molecule has 20 heavy (non-hydrogen) atoms. The molecule has 2 atom stereocenters. The summed E-state index contributed by atoms with van der Waals surface area (Å²) in [5.41, 5.74) is 6.28. The van der Waals surface area contributed by atoms with Crippen molar-refractivity contribution in [2.45, 2.75) is 25.4 Å². The van der Waals surface area contributed by atoms with Crippen LogP contribution in [0.15, 0.2) is 18.2 Å². The lowest BCUT2D eigenvalue weighted by atomic mass is 10.1. The Kier molecular flexibility index (Phi) is 4.20. The molecular formula is C14H17FN4O. The smallest absolute Gasteiger partial charge is 0.234 e. The lowest BCUT2D eigenvalue weighted by Gasteiger charge is -2.21. The Labute approximate surface area is 117 Å². The summed E-state index contributed by atoms with van der Waals surface area (Å²) in [6.45, 7) is 3.14. The molecule has 6 heteroatoms. The molecule has 1 fully saturated rings. The molecule has 2 rings (SSSR count). The Morgan fingerprint density at radius 1 is 1.65 bits per heavy atom. The third-order valence-corrected chi connectivity index (χ3v) is 3.52. The van der Waals surface area contributed by atoms with E-state index < -0.39 is 5.82 Å². The summed E-state index contributed by atoms with van der Waals surface area (Å²) in [5, 5.41) is 12.2. The van der Waals surface area contributed by atoms with Gasteiger partial charge in [0.15, 0.2) is 0 Å². The maximum absolute atomic E-state index is 13.1. The van der Waals surface area contributed by atoms with Crippen LogP contribution < -0.4 is 16.0 Å². The molecule has 0 aromatic heterocycles. The monoisotopic (exact) mass is 276 g/mol. The van der Waals surface area contributed by atoms with Crippen LogP contribution in [0.25, 0.3) is 0 Å². The van der Waals surface area contributed by atoms with Crippen LogP contribution in [-0.2, 0) is 4.79 Å². The number of hydrogen-bond donors (Lipinski definition) is 2. The van der Waals surface area contributed by atoms with Gasteiger partial charge in [0.1, 0.15) is 11.9 Å². The minimum absolute atomic E-state index is 0.133. The molecule has 0 aliphatic carbocycles. The second kappa shape index (κ2) is 5.88. The summed E-state index contributed by atoms with van der Waals surface area (Å²) >= 11 is 0. The number of carbonyl (C=O) groups excluding carboxylic acids is 1. The summed E-state index contributed by atoms with van der Waals surface area (Å²) in [7, 11) is 0. The fraction of sp³-hybridized carbons (Fsp3) is 0.429. The lowest BCUT2D eigenvalue weighted by molar-refractivity contribution is -0.119. The third kappa shape index (κ3) is 3.06. The fourth-order valence-corrected chi connectivity index (χ4v) is 2.42. The van der Waals surface area contributed by atoms with Crippen LogP contribution in [0.2, 0.25) is 0 Å². The largest absolute Gasteiger partial charge is 0.369 e. The van der Waals surface area contributed by atoms with Gasteiger partial charge in [0.25, 0.3) is 0 Å². The minimum Gasteiger partial charge on any atom is -0.369 e. The molecule has 106 valence electrons. The highest BCUT2D eigenvalue weighted by Crippen LogP contribution is 2.25. The summed E-state index contributed by atoms with van der Waals surface area (Å²) in [5.74, 6) is -0.801. The van der Waals surface area contributed by atoms with Crippen molar-refractivity contribution in [3.05, 3.63) is 29.6 Å². The Bertz CT molecular complexity index is 555. The van der Waals surface area contributed by atoms with Crippen LogP contribution in [0.3, 0.4) is 0 Å². The standard InChI is InChI=1S/C14H17FN4O/c1-9(14(17)20)18-12-4-5-19(8-12)13-3-2-11(15)6-10(13)7-16/h2-3,6,9,12,18H,4-5,8H2,1H3,(H2,17,20)/t9-,12-/m0/s1. The third-order valence-electron chi connectivity index (χ3n) is 3.52. The number of amides is 1. The minimum atomic E-state index is -0.415. The molecule has 5 nitrogen and oxygen atoms in total. The van der Waals surface area contributed by atoms with Crippen molar-refractivity contribution in [1.29, 1.82) is 5.26 Å². The maximum Gasteiger partial charge on any atom is 0.234 e. The number of nitrogens with two attached hydrogens (primary N) is 1. The molecule has 0 unspecified atom stereocenters. The number of rotatable bonds is 4. The number of halogens is 1. The van der Waals surface area contributed by atoms with Gasteiger partial charge in [-0.3, -0.25) is 4.79 Å². The normalized spacial score (nSPS) is 19.6. The average molecular weight is 276 g/mol. The highest BCUT2D eigenvalue weighted by molar-refractivity contribution is 5.79. The molecular weight excluding hydrogens is 259 g/mol. The number of primary amides is 1. The molecule has 1 aliphatic rings. The van der Waals surface area contributed by atoms with E-state index in [1.54, 1.807) is 13.0 Å². The molecule has 0 radical (unpaired) electrons. The predicted octanol–water partition coefficient (Wildman–Crippen LogP) is 0.739. The first-order valence-corrected chi connectivity index (χ1v) is 6.51. The van der Waals surface area contributed by atoms with Crippen LogP contribution in [0, 0.1) is 17.1 Å². The molecule has 1 amide bonds. The van der Waals surface area contributed by atoms with E-state index in [1.807, 2.05) is 11.0 Å². The number of carbonyl (C=O) groups is 1. The quantitative estimate of drug-likeness (QED) is 0.849. The van der Waals surface area contributed by atoms with Crippen molar-refractivity contribution < 1.29 is 9.18 Å². The van der Waals surface area contributed by atoms with Crippen molar-refractivity contribution >= 4 is 11.6 Å². The number of nitrogens with zero attached hydrogens (tertiary/aromatic N) is 2. The summed E-state index contributed by atoms with van der Waals surface area (Å²) < 4.78 is 13.1. The number of benzene rings is 1. The molecule has 3 N–H and O–H groups in total. The zero-order valence-electron chi connectivity index (χ0n) is 11.3. The van der Waals surface area contributed by atoms with Gasteiger partial charge < -0.3 is 16.0 Å². The molecule has 1 heterocycles. The van der Waals surface area contributed by atoms with E-state index in [0.717, 1.165) is 18.7 Å². The molecule has 1 aromatic rings. The molecule has 0 spiro atoms. The van der Waals surface area contributed by atoms with Crippen molar-refractivity contribution in [1.82, 2.24) is 5.32 Å². The van der Waals surface area contributed by atoms with Gasteiger partial charge in [-0.05, 0) is 31.5 Å². The Balaban J connectivity index is 2.06. The van der Waals surface area contributed by atoms with E-state index in [4.69, 9.17) is 11.0 Å². The second-order valence-corrected chi connectivity index (χ2v) is 5.00. The van der Waals surface area contributed by atoms with Gasteiger partial charge in [0.2, 0.25) is 5.91 Å². The topological polar surface area (TPSA) is 82.2 Å². The molecule has 1 aromatic carbocycles. The molecule has 0 saturated carbocycles. The number of nitrogens with one attached hydrogen (secondary N) is 1. The highest BCUT2D eigenvalue weighted by atomic mass is 19.1. The van der Waals surface area contributed by atoms with Gasteiger partial charge in [0.05, 0.1) is 17.3 Å². The van der Waals surface area contributed by atoms with E-state index in [9.17, 15) is 9.18 Å². The zero-order valence-corrected chi connectivity index (χ0v) is 11.3. The van der Waals surface area contributed by atoms with Crippen molar-refractivity contribution in [3.8, 4) is 6.07 Å². The zero-order chi connectivity index (χ0) is 14.7. The predicted molar refractivity (Wildman–Crippen MR) is 73.5 cm³/mol. The fourth-order valence-electron chi connectivity index (χ4n) is 2.42. The van der Waals surface area contributed by atoms with Crippen LogP contribution in [0.4, 0.5) is 10.1 Å². The summed E-state index contributed by atoms with van der Waals surface area (Å²) in [6.07, 6.45) is 0.847. The van der Waals surface area contributed by atoms with E-state index in [-0.39, 0.29) is 18.0 Å². The van der Waals surface area contributed by atoms with Gasteiger partial charge >= 0.3 is 0 Å². The number of anilines is 1. The van der Waals surface area contributed by atoms with Crippen LogP contribution in [-0.4, -0.2) is 31.1 Å². The molecule has 1 aliphatic heterocycles. The highest BCUT2D eigenvalue weighted by Gasteiger charge is 2.26. The van der Waals surface area contributed by atoms with Gasteiger partial charge in [0, 0.05) is 19.1 Å². The van der Waals surface area contributed by atoms with E-state index in [1.165, 1.54) is 12.1 Å². The Morgan fingerprint density at radius 2 is 2.40 bits per heavy atom. The van der Waals surface area contributed by atoms with Gasteiger partial charge in [-0.15, -0.1) is 0 Å². The van der Waals surface area contributed by atoms with E-state index >= 15 is 0 Å². The van der Waals surface area contributed by atoms with Gasteiger partial charge in [-0.2, -0.15) is 5.26 Å². The molecule has 1 saturated heterocycles. The number of nitriles is 1. The van der Waals surface area contributed by atoms with Crippen molar-refractivity contribution in [3.63, 3.8) is 0 Å². The number of hydrogen-bond acceptors (Lipinski definition) is 4. The van der Waals surface area contributed by atoms with Crippen LogP contribution >= 0.6 is 0 Å². The van der Waals surface area contributed by atoms with E-state index in [2.05, 4.69) is 5.32 Å². The Morgan fingerprint density at radius 3 is 3.05 bits per heavy atom. The first kappa shape index (κ1) is 14.3. The van der Waals surface area contributed by atoms with Gasteiger partial charge in [-0.1, -0.05) is 0 Å². The average Bonchev–Trinajstić information content (AvgIpc) is 2.86.